The lowest BCUT2D eigenvalue weighted by Gasteiger charge is -2.54. The molecule has 0 N–H and O–H groups in total. The van der Waals surface area contributed by atoms with Crippen LogP contribution in [0.25, 0.3) is 0 Å². The highest BCUT2D eigenvalue weighted by Gasteiger charge is 2.59. The molecule has 0 heterocycles. The Morgan fingerprint density at radius 2 is 2.09 bits per heavy atom. The molecule has 0 aliphatic heterocycles. The Balaban J connectivity index is 1.72. The second-order valence-electron chi connectivity index (χ2n) is 6.83. The highest BCUT2D eigenvalue weighted by atomic mass is 79.9. The number of carbonyl (C=O) groups is 2. The van der Waals surface area contributed by atoms with E-state index in [0.717, 1.165) is 25.7 Å². The SMILES string of the molecule is CCOC(=O)CC12CCC1CC(Cc1ccccc1)C(Br)C2=O. The third kappa shape index (κ3) is 3.10. The van der Waals surface area contributed by atoms with Crippen molar-refractivity contribution < 1.29 is 14.3 Å². The molecule has 0 amide bonds. The van der Waals surface area contributed by atoms with Crippen molar-refractivity contribution in [3.8, 4) is 0 Å². The summed E-state index contributed by atoms with van der Waals surface area (Å²) in [4.78, 5) is 24.8. The Bertz CT molecular complexity index is 586. The number of ether oxygens (including phenoxy) is 1. The molecule has 0 spiro atoms. The number of hydrogen-bond acceptors (Lipinski definition) is 3. The van der Waals surface area contributed by atoms with Crippen molar-refractivity contribution in [1.82, 2.24) is 0 Å². The van der Waals surface area contributed by atoms with Crippen LogP contribution >= 0.6 is 15.9 Å². The molecule has 2 fully saturated rings. The molecule has 4 atom stereocenters. The second kappa shape index (κ2) is 6.76. The number of fused-ring (bicyclic) bond motifs is 1. The number of rotatable bonds is 5. The van der Waals surface area contributed by atoms with E-state index in [9.17, 15) is 9.59 Å². The van der Waals surface area contributed by atoms with Crippen LogP contribution in [-0.4, -0.2) is 23.2 Å². The summed E-state index contributed by atoms with van der Waals surface area (Å²) >= 11 is 3.64. The van der Waals surface area contributed by atoms with Gasteiger partial charge in [0.1, 0.15) is 0 Å². The topological polar surface area (TPSA) is 43.4 Å². The summed E-state index contributed by atoms with van der Waals surface area (Å²) in [5.74, 6) is 0.633. The molecule has 2 aliphatic carbocycles. The second-order valence-corrected chi connectivity index (χ2v) is 7.81. The minimum atomic E-state index is -0.465. The van der Waals surface area contributed by atoms with Crippen molar-refractivity contribution in [3.63, 3.8) is 0 Å². The Morgan fingerprint density at radius 1 is 1.35 bits per heavy atom. The smallest absolute Gasteiger partial charge is 0.306 e. The van der Waals surface area contributed by atoms with Crippen molar-refractivity contribution in [2.45, 2.75) is 43.9 Å². The number of esters is 1. The maximum absolute atomic E-state index is 13.0. The van der Waals surface area contributed by atoms with Crippen LogP contribution < -0.4 is 0 Å². The van der Waals surface area contributed by atoms with Crippen LogP contribution in [0.3, 0.4) is 0 Å². The monoisotopic (exact) mass is 378 g/mol. The summed E-state index contributed by atoms with van der Waals surface area (Å²) in [6.07, 6.45) is 4.06. The van der Waals surface area contributed by atoms with Gasteiger partial charge in [-0.2, -0.15) is 0 Å². The van der Waals surface area contributed by atoms with E-state index in [1.54, 1.807) is 6.92 Å². The first kappa shape index (κ1) is 16.7. The Labute approximate surface area is 145 Å². The van der Waals surface area contributed by atoms with E-state index in [1.807, 2.05) is 18.2 Å². The zero-order valence-corrected chi connectivity index (χ0v) is 15.1. The predicted octanol–water partition coefficient (Wildman–Crippen LogP) is 3.93. The summed E-state index contributed by atoms with van der Waals surface area (Å²) in [5.41, 5.74) is 0.806. The molecule has 1 aromatic rings. The van der Waals surface area contributed by atoms with E-state index in [1.165, 1.54) is 5.56 Å². The van der Waals surface area contributed by atoms with E-state index in [4.69, 9.17) is 4.74 Å². The van der Waals surface area contributed by atoms with Crippen LogP contribution in [0.2, 0.25) is 0 Å². The normalized spacial score (nSPS) is 32.8. The largest absolute Gasteiger partial charge is 0.466 e. The van der Waals surface area contributed by atoms with Gasteiger partial charge in [0.25, 0.3) is 0 Å². The third-order valence-electron chi connectivity index (χ3n) is 5.57. The number of carbonyl (C=O) groups excluding carboxylic acids is 2. The van der Waals surface area contributed by atoms with Gasteiger partial charge < -0.3 is 4.74 Å². The number of Topliss-reactive ketones (excluding diaryl/α,β-unsaturated/α-hetero) is 1. The van der Waals surface area contributed by atoms with Crippen LogP contribution in [0.15, 0.2) is 30.3 Å². The van der Waals surface area contributed by atoms with Crippen LogP contribution in [0.4, 0.5) is 0 Å². The molecule has 2 aliphatic rings. The Hall–Kier alpha value is -1.16. The molecule has 1 aromatic carbocycles. The Kier molecular flexibility index (Phi) is 4.90. The van der Waals surface area contributed by atoms with Gasteiger partial charge >= 0.3 is 5.97 Å². The van der Waals surface area contributed by atoms with Crippen LogP contribution in [-0.2, 0) is 20.7 Å². The quantitative estimate of drug-likeness (QED) is 0.575. The minimum absolute atomic E-state index is 0.159. The van der Waals surface area contributed by atoms with Gasteiger partial charge in [0.2, 0.25) is 0 Å². The predicted molar refractivity (Wildman–Crippen MR) is 92.4 cm³/mol. The van der Waals surface area contributed by atoms with E-state index < -0.39 is 5.41 Å². The zero-order chi connectivity index (χ0) is 16.4. The average molecular weight is 379 g/mol. The lowest BCUT2D eigenvalue weighted by Crippen LogP contribution is -2.57. The average Bonchev–Trinajstić information content (AvgIpc) is 2.54. The number of ketones is 1. The maximum atomic E-state index is 13.0. The standard InChI is InChI=1S/C19H23BrO3/c1-2-23-16(21)12-19-9-8-15(19)11-14(17(20)18(19)22)10-13-6-4-3-5-7-13/h3-7,14-15,17H,2,8-12H2,1H3. The number of benzene rings is 1. The van der Waals surface area contributed by atoms with Crippen molar-refractivity contribution in [1.29, 1.82) is 0 Å². The molecule has 3 nitrogen and oxygen atoms in total. The molecule has 4 unspecified atom stereocenters. The van der Waals surface area contributed by atoms with Crippen LogP contribution in [0.5, 0.6) is 0 Å². The lowest BCUT2D eigenvalue weighted by atomic mass is 9.49. The van der Waals surface area contributed by atoms with E-state index in [0.29, 0.717) is 18.4 Å². The summed E-state index contributed by atoms with van der Waals surface area (Å²) in [6, 6.07) is 10.3. The molecule has 23 heavy (non-hydrogen) atoms. The lowest BCUT2D eigenvalue weighted by molar-refractivity contribution is -0.161. The van der Waals surface area contributed by atoms with Gasteiger partial charge in [0.05, 0.1) is 17.9 Å². The fraction of sp³-hybridized carbons (Fsp3) is 0.579. The zero-order valence-electron chi connectivity index (χ0n) is 13.5. The van der Waals surface area contributed by atoms with Gasteiger partial charge in [-0.05, 0) is 50.0 Å². The molecule has 3 rings (SSSR count). The van der Waals surface area contributed by atoms with Gasteiger partial charge in [0, 0.05) is 5.41 Å². The van der Waals surface area contributed by atoms with Gasteiger partial charge in [-0.15, -0.1) is 0 Å². The van der Waals surface area contributed by atoms with Crippen LogP contribution in [0, 0.1) is 17.3 Å². The number of hydrogen-bond donors (Lipinski definition) is 0. The molecule has 2 saturated carbocycles. The van der Waals surface area contributed by atoms with Crippen molar-refractivity contribution >= 4 is 27.7 Å². The highest BCUT2D eigenvalue weighted by Crippen LogP contribution is 2.58. The highest BCUT2D eigenvalue weighted by molar-refractivity contribution is 9.10. The van der Waals surface area contributed by atoms with E-state index in [-0.39, 0.29) is 23.0 Å². The summed E-state index contributed by atoms with van der Waals surface area (Å²) in [7, 11) is 0. The molecule has 4 heteroatoms. The summed E-state index contributed by atoms with van der Waals surface area (Å²) in [5, 5.41) is 0. The molecular weight excluding hydrogens is 356 g/mol. The van der Waals surface area contributed by atoms with Crippen molar-refractivity contribution in [2.24, 2.45) is 17.3 Å². The fourth-order valence-electron chi connectivity index (χ4n) is 4.23. The summed E-state index contributed by atoms with van der Waals surface area (Å²) < 4.78 is 5.09. The van der Waals surface area contributed by atoms with Crippen molar-refractivity contribution in [3.05, 3.63) is 35.9 Å². The third-order valence-corrected chi connectivity index (χ3v) is 6.73. The first-order chi connectivity index (χ1) is 11.1. The maximum Gasteiger partial charge on any atom is 0.306 e. The van der Waals surface area contributed by atoms with Crippen molar-refractivity contribution in [2.75, 3.05) is 6.61 Å². The van der Waals surface area contributed by atoms with Gasteiger partial charge in [0.15, 0.2) is 5.78 Å². The molecular formula is C19H23BrO3. The Morgan fingerprint density at radius 3 is 2.70 bits per heavy atom. The first-order valence-corrected chi connectivity index (χ1v) is 9.36. The van der Waals surface area contributed by atoms with Gasteiger partial charge in [-0.1, -0.05) is 46.3 Å². The molecule has 0 radical (unpaired) electrons. The fourth-order valence-corrected chi connectivity index (χ4v) is 5.09. The van der Waals surface area contributed by atoms with E-state index >= 15 is 0 Å². The molecule has 124 valence electrons. The molecule has 0 bridgehead atoms. The molecule has 0 saturated heterocycles. The van der Waals surface area contributed by atoms with E-state index in [2.05, 4.69) is 28.1 Å². The number of alkyl halides is 1. The van der Waals surface area contributed by atoms with Gasteiger partial charge in [-0.25, -0.2) is 0 Å². The minimum Gasteiger partial charge on any atom is -0.466 e. The van der Waals surface area contributed by atoms with Crippen LogP contribution in [0.1, 0.15) is 38.2 Å². The molecule has 0 aromatic heterocycles. The first-order valence-electron chi connectivity index (χ1n) is 8.44. The number of halogens is 1. The van der Waals surface area contributed by atoms with Gasteiger partial charge in [-0.3, -0.25) is 9.59 Å². The summed E-state index contributed by atoms with van der Waals surface area (Å²) in [6.45, 7) is 2.18.